The van der Waals surface area contributed by atoms with Crippen molar-refractivity contribution in [1.82, 2.24) is 24.6 Å². The fraction of sp³-hybridized carbons (Fsp3) is 0.450. The van der Waals surface area contributed by atoms with Crippen molar-refractivity contribution < 1.29 is 5.11 Å². The molecule has 0 bridgehead atoms. The van der Waals surface area contributed by atoms with Crippen molar-refractivity contribution >= 4 is 11.0 Å². The molecule has 1 aromatic carbocycles. The molecule has 1 saturated heterocycles. The number of hydrogen-bond acceptors (Lipinski definition) is 5. The van der Waals surface area contributed by atoms with Crippen molar-refractivity contribution in [2.45, 2.75) is 38.8 Å². The number of benzene rings is 1. The molecule has 7 nitrogen and oxygen atoms in total. The molecule has 142 valence electrons. The number of likely N-dealkylation sites (tertiary alicyclic amines) is 1. The zero-order chi connectivity index (χ0) is 18.8. The number of H-pyrrole nitrogens is 1. The summed E-state index contributed by atoms with van der Waals surface area (Å²) in [5.41, 5.74) is 1.28. The lowest BCUT2D eigenvalue weighted by Gasteiger charge is -2.39. The molecule has 3 heterocycles. The van der Waals surface area contributed by atoms with Crippen LogP contribution in [-0.2, 0) is 6.54 Å². The van der Waals surface area contributed by atoms with Crippen LogP contribution in [0.5, 0.6) is 0 Å². The van der Waals surface area contributed by atoms with Gasteiger partial charge in [0.2, 0.25) is 0 Å². The van der Waals surface area contributed by atoms with Gasteiger partial charge in [-0.25, -0.2) is 9.67 Å². The zero-order valence-corrected chi connectivity index (χ0v) is 15.5. The normalized spacial score (nSPS) is 21.0. The first-order chi connectivity index (χ1) is 13.2. The van der Waals surface area contributed by atoms with E-state index >= 15 is 0 Å². The van der Waals surface area contributed by atoms with Crippen molar-refractivity contribution in [3.63, 3.8) is 0 Å². The van der Waals surface area contributed by atoms with E-state index in [4.69, 9.17) is 4.98 Å². The first-order valence-electron chi connectivity index (χ1n) is 9.54. The maximum atomic E-state index is 12.6. The fourth-order valence-electron chi connectivity index (χ4n) is 4.12. The molecule has 2 aromatic heterocycles. The molecule has 0 radical (unpaired) electrons. The third kappa shape index (κ3) is 3.52. The molecule has 4 rings (SSSR count). The monoisotopic (exact) mass is 367 g/mol. The average molecular weight is 367 g/mol. The second kappa shape index (κ2) is 7.62. The third-order valence-corrected chi connectivity index (χ3v) is 5.50. The van der Waals surface area contributed by atoms with Crippen LogP contribution in [-0.4, -0.2) is 48.9 Å². The number of aromatic amines is 1. The topological polar surface area (TPSA) is 87.0 Å². The van der Waals surface area contributed by atoms with E-state index in [-0.39, 0.29) is 12.2 Å². The maximum Gasteiger partial charge on any atom is 0.262 e. The van der Waals surface area contributed by atoms with E-state index in [0.29, 0.717) is 35.4 Å². The van der Waals surface area contributed by atoms with Gasteiger partial charge in [-0.3, -0.25) is 9.69 Å². The van der Waals surface area contributed by atoms with E-state index in [1.165, 1.54) is 6.42 Å². The number of aromatic nitrogens is 4. The number of nitrogens with one attached hydrogen (secondary N) is 1. The van der Waals surface area contributed by atoms with Crippen molar-refractivity contribution in [1.29, 1.82) is 0 Å². The minimum Gasteiger partial charge on any atom is -0.396 e. The van der Waals surface area contributed by atoms with Gasteiger partial charge in [0.15, 0.2) is 5.65 Å². The molecular weight excluding hydrogens is 342 g/mol. The van der Waals surface area contributed by atoms with E-state index in [9.17, 15) is 9.90 Å². The highest BCUT2D eigenvalue weighted by atomic mass is 16.3. The second-order valence-electron chi connectivity index (χ2n) is 7.31. The largest absolute Gasteiger partial charge is 0.396 e. The third-order valence-electron chi connectivity index (χ3n) is 5.50. The van der Waals surface area contributed by atoms with Gasteiger partial charge in [0.1, 0.15) is 11.2 Å². The quantitative estimate of drug-likeness (QED) is 0.721. The van der Waals surface area contributed by atoms with Crippen molar-refractivity contribution in [2.24, 2.45) is 5.92 Å². The van der Waals surface area contributed by atoms with Gasteiger partial charge in [0, 0.05) is 12.6 Å². The van der Waals surface area contributed by atoms with Gasteiger partial charge in [0.05, 0.1) is 18.4 Å². The summed E-state index contributed by atoms with van der Waals surface area (Å²) in [6, 6.07) is 10.0. The minimum atomic E-state index is -0.166. The molecule has 0 spiro atoms. The van der Waals surface area contributed by atoms with E-state index in [1.807, 2.05) is 30.3 Å². The Morgan fingerprint density at radius 2 is 2.11 bits per heavy atom. The molecule has 27 heavy (non-hydrogen) atoms. The Morgan fingerprint density at radius 3 is 2.89 bits per heavy atom. The molecule has 1 aliphatic heterocycles. The van der Waals surface area contributed by atoms with Gasteiger partial charge in [0.25, 0.3) is 5.56 Å². The number of nitrogens with zero attached hydrogens (tertiary/aromatic N) is 4. The summed E-state index contributed by atoms with van der Waals surface area (Å²) in [4.78, 5) is 22.5. The summed E-state index contributed by atoms with van der Waals surface area (Å²) < 4.78 is 1.71. The average Bonchev–Trinajstić information content (AvgIpc) is 3.10. The van der Waals surface area contributed by atoms with Gasteiger partial charge in [-0.2, -0.15) is 5.10 Å². The van der Waals surface area contributed by atoms with E-state index in [2.05, 4.69) is 21.9 Å². The number of fused-ring (bicyclic) bond motifs is 1. The van der Waals surface area contributed by atoms with Crippen LogP contribution in [0.2, 0.25) is 0 Å². The maximum absolute atomic E-state index is 12.6. The van der Waals surface area contributed by atoms with Crippen molar-refractivity contribution in [3.05, 3.63) is 52.7 Å². The van der Waals surface area contributed by atoms with Crippen LogP contribution < -0.4 is 5.56 Å². The lowest BCUT2D eigenvalue weighted by atomic mass is 9.89. The van der Waals surface area contributed by atoms with Crippen LogP contribution in [0.15, 0.2) is 41.3 Å². The Bertz CT molecular complexity index is 965. The number of hydrogen-bond donors (Lipinski definition) is 2. The number of para-hydroxylation sites is 1. The van der Waals surface area contributed by atoms with Crippen LogP contribution in [0.25, 0.3) is 16.7 Å². The van der Waals surface area contributed by atoms with Gasteiger partial charge in [-0.05, 0) is 43.9 Å². The van der Waals surface area contributed by atoms with E-state index in [0.717, 1.165) is 25.1 Å². The fourth-order valence-corrected chi connectivity index (χ4v) is 4.12. The van der Waals surface area contributed by atoms with Crippen LogP contribution in [0.3, 0.4) is 0 Å². The summed E-state index contributed by atoms with van der Waals surface area (Å²) >= 11 is 0. The van der Waals surface area contributed by atoms with Crippen molar-refractivity contribution in [2.75, 3.05) is 13.2 Å². The summed E-state index contributed by atoms with van der Waals surface area (Å²) in [6.45, 7) is 3.93. The molecule has 0 saturated carbocycles. The van der Waals surface area contributed by atoms with E-state index in [1.54, 1.807) is 10.9 Å². The van der Waals surface area contributed by atoms with Crippen LogP contribution in [0, 0.1) is 5.92 Å². The number of aliphatic hydroxyl groups is 1. The highest BCUT2D eigenvalue weighted by Gasteiger charge is 2.28. The summed E-state index contributed by atoms with van der Waals surface area (Å²) in [6.07, 6.45) is 4.60. The Morgan fingerprint density at radius 1 is 1.30 bits per heavy atom. The first kappa shape index (κ1) is 17.9. The lowest BCUT2D eigenvalue weighted by Crippen LogP contribution is -2.44. The Kier molecular flexibility index (Phi) is 5.05. The SMILES string of the molecule is CC1CCCN(Cc2nc3c(cnn3-c3ccccc3)c(=O)[nH]2)C1CCO. The number of piperidine rings is 1. The second-order valence-corrected chi connectivity index (χ2v) is 7.31. The molecule has 7 heteroatoms. The molecule has 1 aliphatic rings. The summed E-state index contributed by atoms with van der Waals surface area (Å²) in [5.74, 6) is 1.17. The van der Waals surface area contributed by atoms with Crippen LogP contribution in [0.4, 0.5) is 0 Å². The zero-order valence-electron chi connectivity index (χ0n) is 15.5. The van der Waals surface area contributed by atoms with Gasteiger partial charge in [-0.15, -0.1) is 0 Å². The highest BCUT2D eigenvalue weighted by Crippen LogP contribution is 2.26. The van der Waals surface area contributed by atoms with Crippen LogP contribution in [0.1, 0.15) is 32.0 Å². The molecule has 1 fully saturated rings. The van der Waals surface area contributed by atoms with Crippen LogP contribution >= 0.6 is 0 Å². The molecular formula is C20H25N5O2. The molecule has 2 N–H and O–H groups in total. The molecule has 0 aliphatic carbocycles. The predicted molar refractivity (Wildman–Crippen MR) is 104 cm³/mol. The molecule has 0 amide bonds. The van der Waals surface area contributed by atoms with Gasteiger partial charge in [-0.1, -0.05) is 25.1 Å². The molecule has 3 aromatic rings. The Hall–Kier alpha value is -2.51. The van der Waals surface area contributed by atoms with Gasteiger partial charge < -0.3 is 10.1 Å². The standard InChI is InChI=1S/C20H25N5O2/c1-14-6-5-10-24(17(14)9-11-26)13-18-22-19-16(20(27)23-18)12-21-25(19)15-7-3-2-4-8-15/h2-4,7-8,12,14,17,26H,5-6,9-11,13H2,1H3,(H,22,23,27). The predicted octanol–water partition coefficient (Wildman–Crippen LogP) is 2.09. The summed E-state index contributed by atoms with van der Waals surface area (Å²) in [7, 11) is 0. The van der Waals surface area contributed by atoms with Gasteiger partial charge >= 0.3 is 0 Å². The molecule has 2 atom stereocenters. The molecule has 2 unspecified atom stereocenters. The lowest BCUT2D eigenvalue weighted by molar-refractivity contribution is 0.0699. The van der Waals surface area contributed by atoms with E-state index < -0.39 is 0 Å². The highest BCUT2D eigenvalue weighted by molar-refractivity contribution is 5.75. The Balaban J connectivity index is 1.69. The number of rotatable bonds is 5. The Labute approximate surface area is 157 Å². The smallest absolute Gasteiger partial charge is 0.262 e. The summed E-state index contributed by atoms with van der Waals surface area (Å²) in [5, 5.41) is 14.3. The minimum absolute atomic E-state index is 0.166. The van der Waals surface area contributed by atoms with Crippen molar-refractivity contribution in [3.8, 4) is 5.69 Å². The number of aliphatic hydroxyl groups excluding tert-OH is 1. The first-order valence-corrected chi connectivity index (χ1v) is 9.54.